The van der Waals surface area contributed by atoms with E-state index in [9.17, 15) is 0 Å². The Hall–Kier alpha value is -2.25. The average Bonchev–Trinajstić information content (AvgIpc) is 2.83. The van der Waals surface area contributed by atoms with E-state index >= 15 is 0 Å². The Balaban J connectivity index is 2.37. The maximum atomic E-state index is 8.80. The van der Waals surface area contributed by atoms with Crippen molar-refractivity contribution in [3.8, 4) is 17.6 Å². The highest BCUT2D eigenvalue weighted by Gasteiger charge is 2.05. The van der Waals surface area contributed by atoms with Crippen molar-refractivity contribution in [3.63, 3.8) is 0 Å². The van der Waals surface area contributed by atoms with Gasteiger partial charge in [-0.05, 0) is 36.8 Å². The average molecular weight is 256 g/mol. The highest BCUT2D eigenvalue weighted by Crippen LogP contribution is 2.18. The monoisotopic (exact) mass is 256 g/mol. The third-order valence-corrected chi connectivity index (χ3v) is 2.86. The summed E-state index contributed by atoms with van der Waals surface area (Å²) in [5, 5.41) is 13.1. The molecule has 4 heteroatoms. The first-order valence-corrected chi connectivity index (χ1v) is 5.99. The normalized spacial score (nSPS) is 9.84. The van der Waals surface area contributed by atoms with E-state index in [4.69, 9.17) is 9.84 Å². The van der Waals surface area contributed by atoms with Gasteiger partial charge in [-0.25, -0.2) is 0 Å². The maximum absolute atomic E-state index is 8.80. The van der Waals surface area contributed by atoms with Crippen molar-refractivity contribution < 1.29 is 9.84 Å². The van der Waals surface area contributed by atoms with Gasteiger partial charge in [0.15, 0.2) is 0 Å². The lowest BCUT2D eigenvalue weighted by atomic mass is 10.1. The van der Waals surface area contributed by atoms with Crippen LogP contribution in [0, 0.1) is 18.8 Å². The van der Waals surface area contributed by atoms with Crippen LogP contribution in [0.1, 0.15) is 16.8 Å². The van der Waals surface area contributed by atoms with Crippen LogP contribution in [0.5, 0.6) is 5.75 Å². The Kier molecular flexibility index (Phi) is 4.22. The third-order valence-electron chi connectivity index (χ3n) is 2.86. The van der Waals surface area contributed by atoms with Gasteiger partial charge in [0.1, 0.15) is 12.4 Å². The highest BCUT2D eigenvalue weighted by molar-refractivity contribution is 5.45. The van der Waals surface area contributed by atoms with Gasteiger partial charge in [0.05, 0.1) is 13.7 Å². The van der Waals surface area contributed by atoms with Crippen LogP contribution in [-0.4, -0.2) is 28.6 Å². The summed E-state index contributed by atoms with van der Waals surface area (Å²) in [6, 6.07) is 7.66. The van der Waals surface area contributed by atoms with Crippen molar-refractivity contribution in [3.05, 3.63) is 47.3 Å². The van der Waals surface area contributed by atoms with E-state index in [-0.39, 0.29) is 6.61 Å². The largest absolute Gasteiger partial charge is 0.497 e. The third kappa shape index (κ3) is 3.15. The molecule has 98 valence electrons. The van der Waals surface area contributed by atoms with Crippen LogP contribution in [0.25, 0.3) is 0 Å². The zero-order valence-electron chi connectivity index (χ0n) is 11.1. The molecule has 0 atom stereocenters. The fourth-order valence-corrected chi connectivity index (χ4v) is 1.81. The second-order valence-corrected chi connectivity index (χ2v) is 4.11. The minimum Gasteiger partial charge on any atom is -0.497 e. The molecular weight excluding hydrogens is 240 g/mol. The van der Waals surface area contributed by atoms with Gasteiger partial charge >= 0.3 is 0 Å². The predicted molar refractivity (Wildman–Crippen MR) is 73.0 cm³/mol. The quantitative estimate of drug-likeness (QED) is 0.848. The lowest BCUT2D eigenvalue weighted by Crippen LogP contribution is -2.05. The summed E-state index contributed by atoms with van der Waals surface area (Å²) in [5.74, 6) is 6.41. The van der Waals surface area contributed by atoms with Gasteiger partial charge in [-0.2, -0.15) is 5.10 Å². The molecule has 0 aliphatic carbocycles. The number of aryl methyl sites for hydroxylation is 1. The molecule has 1 aromatic heterocycles. The van der Waals surface area contributed by atoms with E-state index in [1.807, 2.05) is 35.9 Å². The first-order chi connectivity index (χ1) is 9.24. The van der Waals surface area contributed by atoms with Gasteiger partial charge in [0.25, 0.3) is 0 Å². The second-order valence-electron chi connectivity index (χ2n) is 4.11. The van der Waals surface area contributed by atoms with Crippen LogP contribution in [0.4, 0.5) is 0 Å². The molecule has 0 fully saturated rings. The molecule has 1 N–H and O–H groups in total. The molecule has 0 bridgehead atoms. The van der Waals surface area contributed by atoms with Crippen molar-refractivity contribution in [1.82, 2.24) is 9.78 Å². The summed E-state index contributed by atoms with van der Waals surface area (Å²) >= 11 is 0. The molecule has 0 saturated heterocycles. The molecule has 0 spiro atoms. The van der Waals surface area contributed by atoms with Crippen LogP contribution in [-0.2, 0) is 6.54 Å². The molecule has 1 aromatic carbocycles. The van der Waals surface area contributed by atoms with Crippen LogP contribution < -0.4 is 4.74 Å². The van der Waals surface area contributed by atoms with Gasteiger partial charge in [-0.1, -0.05) is 11.8 Å². The summed E-state index contributed by atoms with van der Waals surface area (Å²) in [7, 11) is 1.64. The Morgan fingerprint density at radius 3 is 2.84 bits per heavy atom. The number of ether oxygens (including phenoxy) is 1. The Labute approximate surface area is 112 Å². The van der Waals surface area contributed by atoms with Crippen LogP contribution in [0.3, 0.4) is 0 Å². The smallest absolute Gasteiger partial charge is 0.119 e. The number of aliphatic hydroxyl groups excluding tert-OH is 1. The molecular formula is C15H16N2O2. The molecule has 2 rings (SSSR count). The van der Waals surface area contributed by atoms with Crippen LogP contribution in [0.15, 0.2) is 30.5 Å². The second kappa shape index (κ2) is 6.07. The number of aromatic nitrogens is 2. The fourth-order valence-electron chi connectivity index (χ4n) is 1.81. The molecule has 4 nitrogen and oxygen atoms in total. The minimum atomic E-state index is -0.147. The van der Waals surface area contributed by atoms with Crippen molar-refractivity contribution in [2.24, 2.45) is 0 Å². The molecule has 0 aliphatic rings. The van der Waals surface area contributed by atoms with Crippen LogP contribution in [0.2, 0.25) is 0 Å². The van der Waals surface area contributed by atoms with E-state index in [0.717, 1.165) is 22.6 Å². The Bertz CT molecular complexity index is 621. The molecule has 0 radical (unpaired) electrons. The fraction of sp³-hybridized carbons (Fsp3) is 0.267. The molecule has 0 saturated carbocycles. The molecule has 1 heterocycles. The number of nitrogens with zero attached hydrogens (tertiary/aromatic N) is 2. The summed E-state index contributed by atoms with van der Waals surface area (Å²) in [4.78, 5) is 0. The summed E-state index contributed by atoms with van der Waals surface area (Å²) in [5.41, 5.74) is 2.99. The van der Waals surface area contributed by atoms with E-state index < -0.39 is 0 Å². The van der Waals surface area contributed by atoms with Gasteiger partial charge < -0.3 is 9.84 Å². The summed E-state index contributed by atoms with van der Waals surface area (Å²) in [6.45, 7) is 2.49. The van der Waals surface area contributed by atoms with Crippen LogP contribution >= 0.6 is 0 Å². The molecule has 19 heavy (non-hydrogen) atoms. The number of methoxy groups -OCH3 is 1. The molecule has 2 aromatic rings. The first kappa shape index (κ1) is 13.2. The zero-order valence-corrected chi connectivity index (χ0v) is 11.1. The standard InChI is InChI=1S/C15H16N2O2/c1-12-7-8-16-17(12)11-14-10-15(19-2)6-5-13(14)4-3-9-18/h5-8,10,18H,9,11H2,1-2H3. The SMILES string of the molecule is COc1ccc(C#CCO)c(Cn2nccc2C)c1. The van der Waals surface area contributed by atoms with Crippen molar-refractivity contribution >= 4 is 0 Å². The maximum Gasteiger partial charge on any atom is 0.119 e. The van der Waals surface area contributed by atoms with E-state index in [1.54, 1.807) is 13.3 Å². The van der Waals surface area contributed by atoms with Gasteiger partial charge in [0.2, 0.25) is 0 Å². The van der Waals surface area contributed by atoms with Crippen molar-refractivity contribution in [2.75, 3.05) is 13.7 Å². The topological polar surface area (TPSA) is 47.3 Å². The predicted octanol–water partition coefficient (Wildman–Crippen LogP) is 1.59. The number of rotatable bonds is 3. The van der Waals surface area contributed by atoms with Gasteiger partial charge in [-0.15, -0.1) is 0 Å². The number of aliphatic hydroxyl groups is 1. The number of benzene rings is 1. The van der Waals surface area contributed by atoms with Crippen molar-refractivity contribution in [1.29, 1.82) is 0 Å². The number of hydrogen-bond acceptors (Lipinski definition) is 3. The highest BCUT2D eigenvalue weighted by atomic mass is 16.5. The van der Waals surface area contributed by atoms with E-state index in [1.165, 1.54) is 0 Å². The molecule has 0 amide bonds. The Morgan fingerprint density at radius 1 is 1.37 bits per heavy atom. The lowest BCUT2D eigenvalue weighted by Gasteiger charge is -2.09. The minimum absolute atomic E-state index is 0.147. The van der Waals surface area contributed by atoms with Crippen molar-refractivity contribution in [2.45, 2.75) is 13.5 Å². The zero-order chi connectivity index (χ0) is 13.7. The van der Waals surface area contributed by atoms with Gasteiger partial charge in [0, 0.05) is 17.5 Å². The summed E-state index contributed by atoms with van der Waals surface area (Å²) in [6.07, 6.45) is 1.77. The summed E-state index contributed by atoms with van der Waals surface area (Å²) < 4.78 is 7.14. The van der Waals surface area contributed by atoms with Gasteiger partial charge in [-0.3, -0.25) is 4.68 Å². The molecule has 0 aliphatic heterocycles. The molecule has 0 unspecified atom stereocenters. The Morgan fingerprint density at radius 2 is 2.21 bits per heavy atom. The first-order valence-electron chi connectivity index (χ1n) is 5.99. The lowest BCUT2D eigenvalue weighted by molar-refractivity contribution is 0.350. The number of hydrogen-bond donors (Lipinski definition) is 1. The van der Waals surface area contributed by atoms with E-state index in [0.29, 0.717) is 6.54 Å². The van der Waals surface area contributed by atoms with E-state index in [2.05, 4.69) is 16.9 Å².